The summed E-state index contributed by atoms with van der Waals surface area (Å²) in [6, 6.07) is 6.23. The van der Waals surface area contributed by atoms with Crippen molar-refractivity contribution in [2.24, 2.45) is 7.05 Å². The third kappa shape index (κ3) is 4.92. The van der Waals surface area contributed by atoms with Gasteiger partial charge in [-0.25, -0.2) is 23.9 Å². The number of aliphatic carboxylic acids is 1. The molecule has 3 rings (SSSR count). The Bertz CT molecular complexity index is 1340. The van der Waals surface area contributed by atoms with Gasteiger partial charge in [0, 0.05) is 25.4 Å². The van der Waals surface area contributed by atoms with E-state index < -0.39 is 34.5 Å². The number of hydrogen-bond acceptors (Lipinski definition) is 7. The van der Waals surface area contributed by atoms with Gasteiger partial charge in [-0.05, 0) is 52.0 Å². The minimum absolute atomic E-state index is 0.128. The summed E-state index contributed by atoms with van der Waals surface area (Å²) in [6.45, 7) is 6.34. The normalized spacial score (nSPS) is 13.4. The predicted octanol–water partition coefficient (Wildman–Crippen LogP) is 1.39. The molecule has 3 aromatic rings. The van der Waals surface area contributed by atoms with Crippen molar-refractivity contribution >= 4 is 23.1 Å². The number of rotatable bonds is 5. The van der Waals surface area contributed by atoms with Crippen LogP contribution in [-0.4, -0.2) is 47.4 Å². The Balaban J connectivity index is 1.93. The molecule has 0 radical (unpaired) electrons. The van der Waals surface area contributed by atoms with E-state index in [0.717, 1.165) is 4.57 Å². The average molecular weight is 455 g/mol. The van der Waals surface area contributed by atoms with E-state index in [4.69, 9.17) is 4.74 Å². The number of fused-ring (bicyclic) bond motifs is 1. The lowest BCUT2D eigenvalue weighted by atomic mass is 9.95. The number of amides is 1. The molecule has 0 spiro atoms. The monoisotopic (exact) mass is 455 g/mol. The number of carboxylic acid groups (broad SMARTS) is 1. The number of aryl methyl sites for hydroxylation is 1. The van der Waals surface area contributed by atoms with E-state index in [2.05, 4.69) is 15.3 Å². The summed E-state index contributed by atoms with van der Waals surface area (Å²) in [6.07, 6.45) is 1.73. The summed E-state index contributed by atoms with van der Waals surface area (Å²) in [5.74, 6) is -1.27. The Morgan fingerprint density at radius 2 is 1.82 bits per heavy atom. The van der Waals surface area contributed by atoms with E-state index in [-0.39, 0.29) is 17.6 Å². The zero-order valence-electron chi connectivity index (χ0n) is 18.9. The molecule has 0 saturated heterocycles. The number of hydrogen-bond donors (Lipinski definition) is 2. The molecule has 0 aliphatic rings. The molecule has 2 N–H and O–H groups in total. The number of ether oxygens (including phenoxy) is 1. The summed E-state index contributed by atoms with van der Waals surface area (Å²) >= 11 is 0. The van der Waals surface area contributed by atoms with E-state index >= 15 is 0 Å². The molecule has 11 heteroatoms. The maximum atomic E-state index is 12.9. The molecule has 0 aromatic carbocycles. The van der Waals surface area contributed by atoms with Crippen molar-refractivity contribution in [1.82, 2.24) is 24.4 Å². The van der Waals surface area contributed by atoms with Gasteiger partial charge in [-0.1, -0.05) is 0 Å². The third-order valence-electron chi connectivity index (χ3n) is 4.88. The molecule has 0 fully saturated rings. The van der Waals surface area contributed by atoms with Crippen LogP contribution in [0.25, 0.3) is 16.7 Å². The Morgan fingerprint density at radius 1 is 1.12 bits per heavy atom. The first-order valence-electron chi connectivity index (χ1n) is 10.1. The lowest BCUT2D eigenvalue weighted by Crippen LogP contribution is -2.55. The standard InChI is InChI=1S/C22H25N5O6/c1-21(2,3)33-19(31)25-22(4,18(29)30)11-13-8-9-14(12-24-13)27-17(28)16-15(7-6-10-23-16)26(5)20(27)32/h6-10,12H,11H2,1-5H3,(H,25,31)(H,29,30)/t22-/m0/s1. The van der Waals surface area contributed by atoms with Crippen LogP contribution < -0.4 is 16.6 Å². The van der Waals surface area contributed by atoms with Gasteiger partial charge in [-0.2, -0.15) is 0 Å². The molecule has 0 aliphatic carbocycles. The molecular formula is C22H25N5O6. The molecule has 33 heavy (non-hydrogen) atoms. The second-order valence-electron chi connectivity index (χ2n) is 8.80. The van der Waals surface area contributed by atoms with Crippen molar-refractivity contribution < 1.29 is 19.4 Å². The SMILES string of the molecule is Cn1c(=O)n(-c2ccc(C[C@](C)(NC(=O)OC(C)(C)C)C(=O)O)nc2)c(=O)c2ncccc21. The molecule has 3 heterocycles. The molecule has 11 nitrogen and oxygen atoms in total. The first-order valence-corrected chi connectivity index (χ1v) is 10.1. The van der Waals surface area contributed by atoms with Crippen LogP contribution >= 0.6 is 0 Å². The fourth-order valence-corrected chi connectivity index (χ4v) is 3.22. The van der Waals surface area contributed by atoms with Crippen molar-refractivity contribution in [3.05, 3.63) is 63.2 Å². The van der Waals surface area contributed by atoms with E-state index in [0.29, 0.717) is 11.2 Å². The zero-order valence-corrected chi connectivity index (χ0v) is 18.9. The van der Waals surface area contributed by atoms with Gasteiger partial charge in [0.2, 0.25) is 0 Å². The van der Waals surface area contributed by atoms with Crippen molar-refractivity contribution in [2.75, 3.05) is 0 Å². The largest absolute Gasteiger partial charge is 0.480 e. The van der Waals surface area contributed by atoms with Gasteiger partial charge in [0.15, 0.2) is 5.52 Å². The highest BCUT2D eigenvalue weighted by molar-refractivity contribution is 5.84. The highest BCUT2D eigenvalue weighted by Gasteiger charge is 2.37. The lowest BCUT2D eigenvalue weighted by Gasteiger charge is -2.28. The molecule has 174 valence electrons. The van der Waals surface area contributed by atoms with E-state index in [9.17, 15) is 24.3 Å². The molecule has 3 aromatic heterocycles. The van der Waals surface area contributed by atoms with Crippen molar-refractivity contribution in [3.63, 3.8) is 0 Å². The van der Waals surface area contributed by atoms with Gasteiger partial charge in [0.25, 0.3) is 5.56 Å². The number of nitrogens with zero attached hydrogens (tertiary/aromatic N) is 4. The van der Waals surface area contributed by atoms with Gasteiger partial charge >= 0.3 is 17.8 Å². The maximum Gasteiger partial charge on any atom is 0.408 e. The molecule has 0 aliphatic heterocycles. The molecule has 0 saturated carbocycles. The van der Waals surface area contributed by atoms with E-state index in [1.54, 1.807) is 32.9 Å². The fourth-order valence-electron chi connectivity index (χ4n) is 3.22. The van der Waals surface area contributed by atoms with E-state index in [1.165, 1.54) is 43.1 Å². The number of nitrogens with one attached hydrogen (secondary N) is 1. The fraction of sp³-hybridized carbons (Fsp3) is 0.364. The van der Waals surface area contributed by atoms with Crippen LogP contribution in [0, 0.1) is 0 Å². The number of aromatic nitrogens is 4. The summed E-state index contributed by atoms with van der Waals surface area (Å²) in [5.41, 5.74) is -2.60. The molecule has 0 unspecified atom stereocenters. The van der Waals surface area contributed by atoms with Crippen LogP contribution in [0.2, 0.25) is 0 Å². The van der Waals surface area contributed by atoms with Gasteiger partial charge < -0.3 is 15.2 Å². The molecule has 1 amide bonds. The maximum absolute atomic E-state index is 12.9. The summed E-state index contributed by atoms with van der Waals surface area (Å²) in [5, 5.41) is 12.1. The van der Waals surface area contributed by atoms with Crippen LogP contribution in [0.15, 0.2) is 46.2 Å². The van der Waals surface area contributed by atoms with Crippen LogP contribution in [0.4, 0.5) is 4.79 Å². The van der Waals surface area contributed by atoms with Crippen LogP contribution in [0.3, 0.4) is 0 Å². The Kier molecular flexibility index (Phi) is 6.08. The summed E-state index contributed by atoms with van der Waals surface area (Å²) < 4.78 is 7.41. The van der Waals surface area contributed by atoms with Crippen molar-refractivity contribution in [2.45, 2.75) is 45.3 Å². The number of alkyl carbamates (subject to hydrolysis) is 1. The minimum atomic E-state index is -1.70. The molecule has 1 atom stereocenters. The van der Waals surface area contributed by atoms with Gasteiger partial charge in [0.1, 0.15) is 11.1 Å². The second kappa shape index (κ2) is 8.49. The molecule has 0 bridgehead atoms. The van der Waals surface area contributed by atoms with Crippen molar-refractivity contribution in [3.8, 4) is 5.69 Å². The van der Waals surface area contributed by atoms with Crippen LogP contribution in [-0.2, 0) is 23.0 Å². The average Bonchev–Trinajstić information content (AvgIpc) is 2.72. The summed E-state index contributed by atoms with van der Waals surface area (Å²) in [7, 11) is 1.53. The topological polar surface area (TPSA) is 145 Å². The van der Waals surface area contributed by atoms with Gasteiger partial charge in [-0.3, -0.25) is 14.3 Å². The van der Waals surface area contributed by atoms with Gasteiger partial charge in [0.05, 0.1) is 17.4 Å². The predicted molar refractivity (Wildman–Crippen MR) is 119 cm³/mol. The number of pyridine rings is 2. The number of carboxylic acids is 1. The summed E-state index contributed by atoms with van der Waals surface area (Å²) in [4.78, 5) is 57.9. The Labute approximate surface area is 188 Å². The Hall–Kier alpha value is -4.02. The van der Waals surface area contributed by atoms with Gasteiger partial charge in [-0.15, -0.1) is 0 Å². The quantitative estimate of drug-likeness (QED) is 0.587. The van der Waals surface area contributed by atoms with Crippen molar-refractivity contribution in [1.29, 1.82) is 0 Å². The zero-order chi connectivity index (χ0) is 24.6. The smallest absolute Gasteiger partial charge is 0.408 e. The van der Waals surface area contributed by atoms with E-state index in [1.807, 2.05) is 0 Å². The highest BCUT2D eigenvalue weighted by Crippen LogP contribution is 2.16. The Morgan fingerprint density at radius 3 is 2.39 bits per heavy atom. The number of carbonyl (C=O) groups excluding carboxylic acids is 1. The first kappa shape index (κ1) is 23.6. The lowest BCUT2D eigenvalue weighted by molar-refractivity contribution is -0.144. The third-order valence-corrected chi connectivity index (χ3v) is 4.88. The number of carbonyl (C=O) groups is 2. The van der Waals surface area contributed by atoms with Crippen LogP contribution in [0.5, 0.6) is 0 Å². The van der Waals surface area contributed by atoms with Crippen LogP contribution in [0.1, 0.15) is 33.4 Å². The molecular weight excluding hydrogens is 430 g/mol. The minimum Gasteiger partial charge on any atom is -0.480 e. The highest BCUT2D eigenvalue weighted by atomic mass is 16.6. The second-order valence-corrected chi connectivity index (χ2v) is 8.80. The first-order chi connectivity index (χ1) is 15.3.